The molecule has 1 fully saturated rings. The smallest absolute Gasteiger partial charge is 0.227 e. The fourth-order valence-electron chi connectivity index (χ4n) is 3.47. The molecule has 5 heteroatoms. The molecular weight excluding hydrogens is 316 g/mol. The highest BCUT2D eigenvalue weighted by Crippen LogP contribution is 2.42. The van der Waals surface area contributed by atoms with E-state index in [0.29, 0.717) is 18.6 Å². The van der Waals surface area contributed by atoms with Gasteiger partial charge in [-0.15, -0.1) is 0 Å². The Balaban J connectivity index is 2.15. The van der Waals surface area contributed by atoms with Gasteiger partial charge in [0.1, 0.15) is 5.75 Å². The summed E-state index contributed by atoms with van der Waals surface area (Å²) in [7, 11) is 1.58. The van der Waals surface area contributed by atoms with Gasteiger partial charge in [-0.25, -0.2) is 0 Å². The number of methoxy groups -OCH3 is 1. The van der Waals surface area contributed by atoms with Crippen molar-refractivity contribution < 1.29 is 14.3 Å². The topological polar surface area (TPSA) is 72.6 Å². The van der Waals surface area contributed by atoms with E-state index in [1.165, 1.54) is 0 Å². The van der Waals surface area contributed by atoms with Gasteiger partial charge in [0.2, 0.25) is 11.8 Å². The van der Waals surface area contributed by atoms with Crippen LogP contribution in [0.4, 0.5) is 5.69 Å². The highest BCUT2D eigenvalue weighted by Gasteiger charge is 2.41. The lowest BCUT2D eigenvalue weighted by Gasteiger charge is -2.40. The summed E-state index contributed by atoms with van der Waals surface area (Å²) in [6, 6.07) is 14.7. The number of nitrogens with two attached hydrogens (primary N) is 1. The monoisotopic (exact) mass is 338 g/mol. The highest BCUT2D eigenvalue weighted by molar-refractivity contribution is 5.97. The van der Waals surface area contributed by atoms with E-state index in [1.807, 2.05) is 55.5 Å². The van der Waals surface area contributed by atoms with Crippen molar-refractivity contribution in [3.8, 4) is 5.75 Å². The van der Waals surface area contributed by atoms with Crippen LogP contribution in [0.25, 0.3) is 0 Å². The second-order valence-electron chi connectivity index (χ2n) is 6.33. The number of hydrogen-bond acceptors (Lipinski definition) is 3. The number of primary amides is 1. The van der Waals surface area contributed by atoms with E-state index in [9.17, 15) is 9.59 Å². The molecule has 3 rings (SSSR count). The van der Waals surface area contributed by atoms with Crippen LogP contribution in [0.2, 0.25) is 0 Å². The molecule has 2 aromatic rings. The number of ether oxygens (including phenoxy) is 1. The van der Waals surface area contributed by atoms with E-state index in [1.54, 1.807) is 12.0 Å². The summed E-state index contributed by atoms with van der Waals surface area (Å²) in [5.74, 6) is -0.237. The minimum atomic E-state index is -0.474. The van der Waals surface area contributed by atoms with Crippen LogP contribution < -0.4 is 15.4 Å². The van der Waals surface area contributed by atoms with Crippen LogP contribution in [0.5, 0.6) is 5.75 Å². The molecule has 0 radical (unpaired) electrons. The number of rotatable bonds is 4. The zero-order chi connectivity index (χ0) is 18.0. The molecule has 0 unspecified atom stereocenters. The number of benzene rings is 2. The standard InChI is InChI=1S/C20H22N2O3/c1-13-7-9-14(10-8-13)22-18(23)12-11-16(20(21)24)19(22)15-5-3-4-6-17(15)25-2/h3-10,16,19H,11-12H2,1-2H3,(H2,21,24)/t16-,19-/m1/s1. The summed E-state index contributed by atoms with van der Waals surface area (Å²) in [5.41, 5.74) is 8.34. The number of carbonyl (C=O) groups is 2. The molecular formula is C20H22N2O3. The van der Waals surface area contributed by atoms with Crippen molar-refractivity contribution in [2.24, 2.45) is 11.7 Å². The second-order valence-corrected chi connectivity index (χ2v) is 6.33. The number of hydrogen-bond donors (Lipinski definition) is 1. The van der Waals surface area contributed by atoms with Gasteiger partial charge in [0.15, 0.2) is 0 Å². The Morgan fingerprint density at radius 3 is 2.48 bits per heavy atom. The van der Waals surface area contributed by atoms with Gasteiger partial charge in [-0.1, -0.05) is 35.9 Å². The molecule has 2 N–H and O–H groups in total. The summed E-state index contributed by atoms with van der Waals surface area (Å²) in [5, 5.41) is 0. The molecule has 0 bridgehead atoms. The van der Waals surface area contributed by atoms with E-state index in [2.05, 4.69) is 0 Å². The molecule has 1 heterocycles. The molecule has 130 valence electrons. The molecule has 0 aliphatic carbocycles. The van der Waals surface area contributed by atoms with Crippen molar-refractivity contribution >= 4 is 17.5 Å². The third-order valence-electron chi connectivity index (χ3n) is 4.73. The molecule has 1 aliphatic rings. The third-order valence-corrected chi connectivity index (χ3v) is 4.73. The molecule has 2 amide bonds. The predicted molar refractivity (Wildman–Crippen MR) is 96.3 cm³/mol. The number of anilines is 1. The number of amides is 2. The van der Waals surface area contributed by atoms with Gasteiger partial charge in [-0.2, -0.15) is 0 Å². The maximum absolute atomic E-state index is 12.8. The maximum Gasteiger partial charge on any atom is 0.227 e. The lowest BCUT2D eigenvalue weighted by molar-refractivity contribution is -0.127. The van der Waals surface area contributed by atoms with Crippen molar-refractivity contribution in [2.75, 3.05) is 12.0 Å². The summed E-state index contributed by atoms with van der Waals surface area (Å²) >= 11 is 0. The second kappa shape index (κ2) is 6.97. The van der Waals surface area contributed by atoms with Gasteiger partial charge in [-0.05, 0) is 31.5 Å². The molecule has 0 spiro atoms. The Morgan fingerprint density at radius 1 is 1.16 bits per heavy atom. The first-order valence-corrected chi connectivity index (χ1v) is 8.34. The average molecular weight is 338 g/mol. The summed E-state index contributed by atoms with van der Waals surface area (Å²) in [4.78, 5) is 26.6. The van der Waals surface area contributed by atoms with Crippen LogP contribution in [-0.4, -0.2) is 18.9 Å². The zero-order valence-corrected chi connectivity index (χ0v) is 14.4. The van der Waals surface area contributed by atoms with Gasteiger partial charge in [0.05, 0.1) is 19.1 Å². The van der Waals surface area contributed by atoms with Gasteiger partial charge >= 0.3 is 0 Å². The quantitative estimate of drug-likeness (QED) is 0.931. The largest absolute Gasteiger partial charge is 0.496 e. The number of nitrogens with zero attached hydrogens (tertiary/aromatic N) is 1. The molecule has 0 saturated carbocycles. The molecule has 2 aromatic carbocycles. The fourth-order valence-corrected chi connectivity index (χ4v) is 3.47. The SMILES string of the molecule is COc1ccccc1[C@@H]1[C@H](C(N)=O)CCC(=O)N1c1ccc(C)cc1. The van der Waals surface area contributed by atoms with E-state index in [4.69, 9.17) is 10.5 Å². The number of piperidine rings is 1. The van der Waals surface area contributed by atoms with Crippen molar-refractivity contribution in [3.05, 3.63) is 59.7 Å². The predicted octanol–water partition coefficient (Wildman–Crippen LogP) is 2.97. The number of carbonyl (C=O) groups excluding carboxylic acids is 2. The third kappa shape index (κ3) is 3.22. The summed E-state index contributed by atoms with van der Waals surface area (Å²) in [6.07, 6.45) is 0.742. The summed E-state index contributed by atoms with van der Waals surface area (Å²) < 4.78 is 5.48. The highest BCUT2D eigenvalue weighted by atomic mass is 16.5. The molecule has 1 aliphatic heterocycles. The van der Waals surface area contributed by atoms with Crippen molar-refractivity contribution in [3.63, 3.8) is 0 Å². The van der Waals surface area contributed by atoms with E-state index >= 15 is 0 Å². The Labute approximate surface area is 147 Å². The van der Waals surface area contributed by atoms with E-state index in [0.717, 1.165) is 16.8 Å². The maximum atomic E-state index is 12.8. The lowest BCUT2D eigenvalue weighted by Crippen LogP contribution is -2.47. The average Bonchev–Trinajstić information content (AvgIpc) is 2.62. The first-order valence-electron chi connectivity index (χ1n) is 8.34. The van der Waals surface area contributed by atoms with Crippen LogP contribution >= 0.6 is 0 Å². The van der Waals surface area contributed by atoms with Crippen LogP contribution in [0.1, 0.15) is 30.0 Å². The van der Waals surface area contributed by atoms with Gasteiger partial charge in [-0.3, -0.25) is 9.59 Å². The van der Waals surface area contributed by atoms with Gasteiger partial charge < -0.3 is 15.4 Å². The molecule has 0 aromatic heterocycles. The molecule has 25 heavy (non-hydrogen) atoms. The zero-order valence-electron chi connectivity index (χ0n) is 14.4. The number of para-hydroxylation sites is 1. The molecule has 2 atom stereocenters. The van der Waals surface area contributed by atoms with Crippen LogP contribution in [0, 0.1) is 12.8 Å². The minimum absolute atomic E-state index is 0.0164. The first-order chi connectivity index (χ1) is 12.0. The van der Waals surface area contributed by atoms with Crippen molar-refractivity contribution in [1.29, 1.82) is 0 Å². The van der Waals surface area contributed by atoms with Crippen LogP contribution in [0.3, 0.4) is 0 Å². The molecule has 5 nitrogen and oxygen atoms in total. The Bertz CT molecular complexity index is 786. The van der Waals surface area contributed by atoms with Gasteiger partial charge in [0.25, 0.3) is 0 Å². The van der Waals surface area contributed by atoms with Crippen molar-refractivity contribution in [1.82, 2.24) is 0 Å². The molecule has 1 saturated heterocycles. The Kier molecular flexibility index (Phi) is 4.74. The van der Waals surface area contributed by atoms with Crippen molar-refractivity contribution in [2.45, 2.75) is 25.8 Å². The van der Waals surface area contributed by atoms with Gasteiger partial charge in [0, 0.05) is 17.7 Å². The first kappa shape index (κ1) is 17.0. The van der Waals surface area contributed by atoms with Crippen LogP contribution in [0.15, 0.2) is 48.5 Å². The fraction of sp³-hybridized carbons (Fsp3) is 0.300. The normalized spacial score (nSPS) is 20.4. The Morgan fingerprint density at radius 2 is 1.84 bits per heavy atom. The Hall–Kier alpha value is -2.82. The summed E-state index contributed by atoms with van der Waals surface area (Å²) in [6.45, 7) is 1.99. The van der Waals surface area contributed by atoms with E-state index < -0.39 is 17.9 Å². The minimum Gasteiger partial charge on any atom is -0.496 e. The number of aryl methyl sites for hydroxylation is 1. The van der Waals surface area contributed by atoms with E-state index in [-0.39, 0.29) is 5.91 Å². The van der Waals surface area contributed by atoms with Crippen LogP contribution in [-0.2, 0) is 9.59 Å². The lowest BCUT2D eigenvalue weighted by atomic mass is 9.83.